The smallest absolute Gasteiger partial charge is 0.175 e. The lowest BCUT2D eigenvalue weighted by Gasteiger charge is -2.14. The third kappa shape index (κ3) is 3.06. The average Bonchev–Trinajstić information content (AvgIpc) is 2.52. The maximum Gasteiger partial charge on any atom is 0.175 e. The van der Waals surface area contributed by atoms with Gasteiger partial charge >= 0.3 is 0 Å². The van der Waals surface area contributed by atoms with E-state index < -0.39 is 0 Å². The first kappa shape index (κ1) is 14.8. The standard InChI is InChI=1S/C18H15ClN2S/c1-12-15(19)9-5-10-16(12)20-18(22)21-17-11-4-7-13-6-2-3-8-14(13)17/h2-11H,1H3,(H2,20,21,22). The fourth-order valence-corrected chi connectivity index (χ4v) is 2.75. The minimum absolute atomic E-state index is 0.543. The van der Waals surface area contributed by atoms with E-state index in [0.29, 0.717) is 5.11 Å². The molecule has 0 aliphatic rings. The molecule has 110 valence electrons. The second-order valence-corrected chi connectivity index (χ2v) is 5.83. The summed E-state index contributed by atoms with van der Waals surface area (Å²) < 4.78 is 0. The first-order valence-electron chi connectivity index (χ1n) is 6.96. The van der Waals surface area contributed by atoms with Crippen LogP contribution < -0.4 is 10.6 Å². The van der Waals surface area contributed by atoms with E-state index in [1.807, 2.05) is 49.4 Å². The Morgan fingerprint density at radius 1 is 0.864 bits per heavy atom. The van der Waals surface area contributed by atoms with Crippen LogP contribution in [0.25, 0.3) is 10.8 Å². The predicted octanol–water partition coefficient (Wildman–Crippen LogP) is 5.61. The lowest BCUT2D eigenvalue weighted by Crippen LogP contribution is -2.19. The van der Waals surface area contributed by atoms with Gasteiger partial charge in [-0.25, -0.2) is 0 Å². The second-order valence-electron chi connectivity index (χ2n) is 5.02. The van der Waals surface area contributed by atoms with Crippen LogP contribution in [0.1, 0.15) is 5.56 Å². The van der Waals surface area contributed by atoms with Crippen molar-refractivity contribution in [3.05, 3.63) is 71.2 Å². The molecule has 0 heterocycles. The van der Waals surface area contributed by atoms with Crippen molar-refractivity contribution in [3.8, 4) is 0 Å². The van der Waals surface area contributed by atoms with Crippen molar-refractivity contribution in [2.45, 2.75) is 6.92 Å². The fourth-order valence-electron chi connectivity index (χ4n) is 2.35. The summed E-state index contributed by atoms with van der Waals surface area (Å²) >= 11 is 11.6. The Balaban J connectivity index is 1.83. The second kappa shape index (κ2) is 6.34. The molecule has 0 fully saturated rings. The van der Waals surface area contributed by atoms with E-state index in [1.165, 1.54) is 5.39 Å². The zero-order chi connectivity index (χ0) is 15.5. The van der Waals surface area contributed by atoms with E-state index in [9.17, 15) is 0 Å². The van der Waals surface area contributed by atoms with Crippen LogP contribution in [0.5, 0.6) is 0 Å². The molecule has 0 unspecified atom stereocenters. The van der Waals surface area contributed by atoms with Crippen molar-refractivity contribution in [3.63, 3.8) is 0 Å². The predicted molar refractivity (Wildman–Crippen MR) is 100.0 cm³/mol. The van der Waals surface area contributed by atoms with Crippen LogP contribution in [0.2, 0.25) is 5.02 Å². The summed E-state index contributed by atoms with van der Waals surface area (Å²) in [5.41, 5.74) is 2.87. The molecule has 0 aromatic heterocycles. The molecule has 0 aliphatic heterocycles. The maximum absolute atomic E-state index is 6.13. The Labute approximate surface area is 140 Å². The molecule has 4 heteroatoms. The number of thiocarbonyl (C=S) groups is 1. The van der Waals surface area contributed by atoms with Crippen molar-refractivity contribution in [1.29, 1.82) is 0 Å². The third-order valence-electron chi connectivity index (χ3n) is 3.55. The maximum atomic E-state index is 6.13. The Morgan fingerprint density at radius 3 is 2.36 bits per heavy atom. The molecule has 3 aromatic rings. The highest BCUT2D eigenvalue weighted by atomic mass is 35.5. The third-order valence-corrected chi connectivity index (χ3v) is 4.17. The molecule has 0 saturated carbocycles. The summed E-state index contributed by atoms with van der Waals surface area (Å²) in [5.74, 6) is 0. The molecule has 0 atom stereocenters. The Kier molecular flexibility index (Phi) is 4.27. The van der Waals surface area contributed by atoms with Crippen molar-refractivity contribution >= 4 is 51.1 Å². The summed E-state index contributed by atoms with van der Waals surface area (Å²) in [7, 11) is 0. The molecule has 0 spiro atoms. The number of fused-ring (bicyclic) bond motifs is 1. The van der Waals surface area contributed by atoms with E-state index in [4.69, 9.17) is 23.8 Å². The minimum atomic E-state index is 0.543. The van der Waals surface area contributed by atoms with E-state index >= 15 is 0 Å². The zero-order valence-electron chi connectivity index (χ0n) is 12.1. The lowest BCUT2D eigenvalue weighted by atomic mass is 10.1. The largest absolute Gasteiger partial charge is 0.332 e. The Hall–Kier alpha value is -2.10. The number of anilines is 2. The first-order valence-corrected chi connectivity index (χ1v) is 7.74. The quantitative estimate of drug-likeness (QED) is 0.598. The van der Waals surface area contributed by atoms with Gasteiger partial charge in [-0.1, -0.05) is 54.1 Å². The van der Waals surface area contributed by atoms with Crippen molar-refractivity contribution in [2.75, 3.05) is 10.6 Å². The molecular formula is C18H15ClN2S. The van der Waals surface area contributed by atoms with Crippen LogP contribution in [0.3, 0.4) is 0 Å². The molecule has 0 saturated heterocycles. The normalized spacial score (nSPS) is 10.5. The van der Waals surface area contributed by atoms with Gasteiger partial charge < -0.3 is 10.6 Å². The summed E-state index contributed by atoms with van der Waals surface area (Å²) in [6.07, 6.45) is 0. The van der Waals surface area contributed by atoms with E-state index in [0.717, 1.165) is 27.3 Å². The number of rotatable bonds is 2. The molecule has 0 amide bonds. The first-order chi connectivity index (χ1) is 10.6. The summed E-state index contributed by atoms with van der Waals surface area (Å²) in [6.45, 7) is 1.96. The van der Waals surface area contributed by atoms with Gasteiger partial charge in [-0.05, 0) is 48.3 Å². The molecular weight excluding hydrogens is 312 g/mol. The highest BCUT2D eigenvalue weighted by Gasteiger charge is 2.06. The molecule has 0 aliphatic carbocycles. The number of hydrogen-bond acceptors (Lipinski definition) is 1. The van der Waals surface area contributed by atoms with Crippen LogP contribution in [-0.4, -0.2) is 5.11 Å². The van der Waals surface area contributed by atoms with E-state index in [2.05, 4.69) is 28.8 Å². The van der Waals surface area contributed by atoms with Crippen LogP contribution in [0.4, 0.5) is 11.4 Å². The molecule has 2 N–H and O–H groups in total. The zero-order valence-corrected chi connectivity index (χ0v) is 13.6. The number of halogens is 1. The van der Waals surface area contributed by atoms with Gasteiger partial charge in [0.05, 0.1) is 0 Å². The topological polar surface area (TPSA) is 24.1 Å². The van der Waals surface area contributed by atoms with Gasteiger partial charge in [0.2, 0.25) is 0 Å². The monoisotopic (exact) mass is 326 g/mol. The van der Waals surface area contributed by atoms with Crippen LogP contribution >= 0.6 is 23.8 Å². The van der Waals surface area contributed by atoms with Crippen LogP contribution in [0, 0.1) is 6.92 Å². The van der Waals surface area contributed by atoms with Crippen molar-refractivity contribution in [1.82, 2.24) is 0 Å². The van der Waals surface area contributed by atoms with E-state index in [-0.39, 0.29) is 0 Å². The SMILES string of the molecule is Cc1c(Cl)cccc1NC(=S)Nc1cccc2ccccc12. The number of benzene rings is 3. The van der Waals surface area contributed by atoms with Gasteiger partial charge in [0.15, 0.2) is 5.11 Å². The molecule has 3 rings (SSSR count). The minimum Gasteiger partial charge on any atom is -0.332 e. The van der Waals surface area contributed by atoms with Gasteiger partial charge in [0.25, 0.3) is 0 Å². The highest BCUT2D eigenvalue weighted by Crippen LogP contribution is 2.25. The van der Waals surface area contributed by atoms with Crippen LogP contribution in [0.15, 0.2) is 60.7 Å². The molecule has 2 nitrogen and oxygen atoms in total. The van der Waals surface area contributed by atoms with Gasteiger partial charge in [-0.2, -0.15) is 0 Å². The average molecular weight is 327 g/mol. The van der Waals surface area contributed by atoms with E-state index in [1.54, 1.807) is 0 Å². The summed E-state index contributed by atoms with van der Waals surface area (Å²) in [6, 6.07) is 20.0. The van der Waals surface area contributed by atoms with Gasteiger partial charge in [-0.15, -0.1) is 0 Å². The molecule has 0 bridgehead atoms. The lowest BCUT2D eigenvalue weighted by molar-refractivity contribution is 1.45. The molecule has 3 aromatic carbocycles. The number of hydrogen-bond donors (Lipinski definition) is 2. The van der Waals surface area contributed by atoms with Crippen LogP contribution in [-0.2, 0) is 0 Å². The Bertz CT molecular complexity index is 840. The van der Waals surface area contributed by atoms with Crippen molar-refractivity contribution < 1.29 is 0 Å². The highest BCUT2D eigenvalue weighted by molar-refractivity contribution is 7.80. The number of nitrogens with one attached hydrogen (secondary N) is 2. The Morgan fingerprint density at radius 2 is 1.50 bits per heavy atom. The van der Waals surface area contributed by atoms with Gasteiger partial charge in [0.1, 0.15) is 0 Å². The molecule has 22 heavy (non-hydrogen) atoms. The fraction of sp³-hybridized carbons (Fsp3) is 0.0556. The molecule has 0 radical (unpaired) electrons. The van der Waals surface area contributed by atoms with Gasteiger partial charge in [0, 0.05) is 21.8 Å². The summed E-state index contributed by atoms with van der Waals surface area (Å²) in [5, 5.41) is 10.0. The summed E-state index contributed by atoms with van der Waals surface area (Å²) in [4.78, 5) is 0. The van der Waals surface area contributed by atoms with Gasteiger partial charge in [-0.3, -0.25) is 0 Å². The van der Waals surface area contributed by atoms with Crippen molar-refractivity contribution in [2.24, 2.45) is 0 Å².